The molecule has 0 aliphatic heterocycles. The van der Waals surface area contributed by atoms with Crippen molar-refractivity contribution in [3.05, 3.63) is 84.5 Å². The number of aryl methyl sites for hydroxylation is 1. The summed E-state index contributed by atoms with van der Waals surface area (Å²) in [6.45, 7) is 0.747. The minimum absolute atomic E-state index is 0.0257. The fraction of sp³-hybridized carbons (Fsp3) is 0.571. The van der Waals surface area contributed by atoms with E-state index in [0.29, 0.717) is 18.3 Å². The molecule has 0 bridgehead atoms. The van der Waals surface area contributed by atoms with Gasteiger partial charge in [0.15, 0.2) is 0 Å². The van der Waals surface area contributed by atoms with Crippen LogP contribution in [0.15, 0.2) is 78.9 Å². The molecule has 46 heavy (non-hydrogen) atoms. The molecule has 4 aliphatic rings. The zero-order valence-electron chi connectivity index (χ0n) is 28.1. The van der Waals surface area contributed by atoms with Crippen LogP contribution >= 0.6 is 0 Å². The van der Waals surface area contributed by atoms with E-state index in [1.54, 1.807) is 7.11 Å². The molecule has 0 radical (unpaired) electrons. The predicted octanol–water partition coefficient (Wildman–Crippen LogP) is 9.93. The van der Waals surface area contributed by atoms with E-state index in [4.69, 9.17) is 4.74 Å². The molecule has 3 fully saturated rings. The van der Waals surface area contributed by atoms with E-state index >= 15 is 0 Å². The predicted molar refractivity (Wildman–Crippen MR) is 188 cm³/mol. The number of ether oxygens (including phenoxy) is 1. The lowest BCUT2D eigenvalue weighted by molar-refractivity contribution is -0.125. The number of methoxy groups -OCH3 is 1. The molecule has 0 aromatic heterocycles. The number of fused-ring (bicyclic) bond motifs is 2. The molecule has 4 unspecified atom stereocenters. The van der Waals surface area contributed by atoms with Crippen LogP contribution in [0.2, 0.25) is 0 Å². The van der Waals surface area contributed by atoms with Crippen molar-refractivity contribution >= 4 is 17.4 Å². The van der Waals surface area contributed by atoms with Crippen LogP contribution in [0.4, 0.5) is 5.69 Å². The Labute approximate surface area is 277 Å². The van der Waals surface area contributed by atoms with E-state index in [-0.39, 0.29) is 23.5 Å². The molecule has 246 valence electrons. The van der Waals surface area contributed by atoms with Crippen LogP contribution in [0.3, 0.4) is 0 Å². The van der Waals surface area contributed by atoms with Gasteiger partial charge in [-0.2, -0.15) is 0 Å². The number of amides is 1. The highest BCUT2D eigenvalue weighted by atomic mass is 16.5. The third-order valence-corrected chi connectivity index (χ3v) is 12.1. The first-order valence-electron chi connectivity index (χ1n) is 18.4. The molecule has 2 aromatic carbocycles. The van der Waals surface area contributed by atoms with E-state index in [9.17, 15) is 9.59 Å². The number of Topliss-reactive ketones (excluding diaryl/α,β-unsaturated/α-hetero) is 1. The van der Waals surface area contributed by atoms with Gasteiger partial charge in [0, 0.05) is 30.5 Å². The van der Waals surface area contributed by atoms with E-state index < -0.39 is 0 Å². The summed E-state index contributed by atoms with van der Waals surface area (Å²) in [4.78, 5) is 28.9. The second-order valence-electron chi connectivity index (χ2n) is 14.9. The number of carbonyl (C=O) groups excluding carboxylic acids is 2. The van der Waals surface area contributed by atoms with E-state index in [1.165, 1.54) is 56.9 Å². The second-order valence-corrected chi connectivity index (χ2v) is 14.9. The molecule has 3 saturated carbocycles. The van der Waals surface area contributed by atoms with Crippen molar-refractivity contribution in [3.63, 3.8) is 0 Å². The largest absolute Gasteiger partial charge is 0.497 e. The number of unbranched alkanes of at least 4 members (excludes halogenated alkanes) is 3. The summed E-state index contributed by atoms with van der Waals surface area (Å²) < 4.78 is 5.26. The van der Waals surface area contributed by atoms with Crippen molar-refractivity contribution in [1.29, 1.82) is 0 Å². The minimum Gasteiger partial charge on any atom is -0.497 e. The van der Waals surface area contributed by atoms with E-state index in [0.717, 1.165) is 74.3 Å². The Morgan fingerprint density at radius 1 is 0.848 bits per heavy atom. The molecule has 2 aromatic rings. The van der Waals surface area contributed by atoms with Crippen LogP contribution in [-0.4, -0.2) is 25.3 Å². The number of hydrogen-bond acceptors (Lipinski definition) is 3. The Balaban J connectivity index is 0.929. The number of para-hydroxylation sites is 1. The summed E-state index contributed by atoms with van der Waals surface area (Å²) >= 11 is 0. The van der Waals surface area contributed by atoms with E-state index in [1.807, 2.05) is 47.4 Å². The molecule has 4 nitrogen and oxygen atoms in total. The van der Waals surface area contributed by atoms with Crippen LogP contribution in [0.5, 0.6) is 5.75 Å². The fourth-order valence-electron chi connectivity index (χ4n) is 9.35. The molecular formula is C42H55NO3. The molecule has 4 atom stereocenters. The van der Waals surface area contributed by atoms with Crippen molar-refractivity contribution in [2.45, 2.75) is 103 Å². The minimum atomic E-state index is -0.182. The highest BCUT2D eigenvalue weighted by molar-refractivity contribution is 5.99. The number of ketones is 1. The van der Waals surface area contributed by atoms with Gasteiger partial charge in [-0.3, -0.25) is 9.59 Å². The number of carbonyl (C=O) groups is 2. The van der Waals surface area contributed by atoms with Gasteiger partial charge in [0.25, 0.3) is 0 Å². The lowest BCUT2D eigenvalue weighted by atomic mass is 9.63. The van der Waals surface area contributed by atoms with Crippen LogP contribution in [0.1, 0.15) is 102 Å². The maximum Gasteiger partial charge on any atom is 0.230 e. The van der Waals surface area contributed by atoms with Gasteiger partial charge in [-0.05, 0) is 124 Å². The highest BCUT2D eigenvalue weighted by Gasteiger charge is 2.48. The van der Waals surface area contributed by atoms with Crippen molar-refractivity contribution in [2.24, 2.45) is 35.0 Å². The molecule has 4 heteroatoms. The normalized spacial score (nSPS) is 28.5. The molecule has 4 aliphatic carbocycles. The molecule has 6 rings (SSSR count). The molecule has 0 saturated heterocycles. The third kappa shape index (κ3) is 7.86. The Kier molecular flexibility index (Phi) is 11.1. The summed E-state index contributed by atoms with van der Waals surface area (Å²) in [6.07, 6.45) is 27.8. The molecule has 0 N–H and O–H groups in total. The smallest absolute Gasteiger partial charge is 0.230 e. The van der Waals surface area contributed by atoms with Gasteiger partial charge >= 0.3 is 0 Å². The Morgan fingerprint density at radius 2 is 1.59 bits per heavy atom. The van der Waals surface area contributed by atoms with Crippen molar-refractivity contribution in [3.8, 4) is 5.75 Å². The summed E-state index contributed by atoms with van der Waals surface area (Å²) in [5.74, 6) is 3.61. The fourth-order valence-corrected chi connectivity index (χ4v) is 9.35. The van der Waals surface area contributed by atoms with Crippen molar-refractivity contribution in [2.75, 3.05) is 18.6 Å². The number of allylic oxidation sites excluding steroid dienone is 4. The molecular weight excluding hydrogens is 566 g/mol. The van der Waals surface area contributed by atoms with Crippen LogP contribution < -0.4 is 9.64 Å². The van der Waals surface area contributed by atoms with Gasteiger partial charge in [0.05, 0.1) is 7.11 Å². The molecule has 0 heterocycles. The van der Waals surface area contributed by atoms with Gasteiger partial charge in [-0.15, -0.1) is 0 Å². The summed E-state index contributed by atoms with van der Waals surface area (Å²) in [5.41, 5.74) is 2.85. The average Bonchev–Trinajstić information content (AvgIpc) is 3.66. The topological polar surface area (TPSA) is 46.6 Å². The first kappa shape index (κ1) is 32.8. The van der Waals surface area contributed by atoms with Crippen LogP contribution in [-0.2, 0) is 16.0 Å². The Hall–Kier alpha value is -3.14. The van der Waals surface area contributed by atoms with Crippen LogP contribution in [0, 0.1) is 35.0 Å². The molecule has 1 spiro atoms. The number of benzene rings is 2. The summed E-state index contributed by atoms with van der Waals surface area (Å²) in [7, 11) is 1.69. The van der Waals surface area contributed by atoms with Gasteiger partial charge in [-0.25, -0.2) is 0 Å². The first-order chi connectivity index (χ1) is 22.5. The molecule has 1 amide bonds. The summed E-state index contributed by atoms with van der Waals surface area (Å²) in [5, 5.41) is 0. The maximum atomic E-state index is 13.9. The summed E-state index contributed by atoms with van der Waals surface area (Å²) in [6, 6.07) is 18.4. The van der Waals surface area contributed by atoms with Gasteiger partial charge in [-0.1, -0.05) is 80.3 Å². The quantitative estimate of drug-likeness (QED) is 0.197. The van der Waals surface area contributed by atoms with Crippen molar-refractivity contribution in [1.82, 2.24) is 0 Å². The van der Waals surface area contributed by atoms with Gasteiger partial charge < -0.3 is 9.64 Å². The standard InChI is InChI=1S/C42H55NO3/c1-46-38-21-19-32(20-22-38)13-7-8-15-35-30-36(31-40(35)44)41(45)43(37-16-5-2-6-17-37)29-11-3-4-12-33-23-26-42(27-24-33)28-25-34-14-9-10-18-39(34)42/h2,5-6,9-10,14,16-22,33-36,39H,3-4,7-8,11-13,15,23-31H2,1H3. The van der Waals surface area contributed by atoms with Crippen molar-refractivity contribution < 1.29 is 14.3 Å². The lowest BCUT2D eigenvalue weighted by Gasteiger charge is -2.42. The zero-order valence-corrected chi connectivity index (χ0v) is 28.1. The number of nitrogens with zero attached hydrogens (tertiary/aromatic N) is 1. The Bertz CT molecular complexity index is 1340. The first-order valence-corrected chi connectivity index (χ1v) is 18.4. The number of rotatable bonds is 14. The van der Waals surface area contributed by atoms with Gasteiger partial charge in [0.1, 0.15) is 11.5 Å². The zero-order chi connectivity index (χ0) is 31.8. The third-order valence-electron chi connectivity index (χ3n) is 12.1. The highest BCUT2D eigenvalue weighted by Crippen LogP contribution is 2.58. The lowest BCUT2D eigenvalue weighted by Crippen LogP contribution is -2.36. The Morgan fingerprint density at radius 3 is 2.37 bits per heavy atom. The second kappa shape index (κ2) is 15.6. The van der Waals surface area contributed by atoms with Gasteiger partial charge in [0.2, 0.25) is 5.91 Å². The average molecular weight is 622 g/mol. The van der Waals surface area contributed by atoms with E-state index in [2.05, 4.69) is 36.4 Å². The monoisotopic (exact) mass is 621 g/mol. The maximum absolute atomic E-state index is 13.9. The number of anilines is 1. The number of hydrogen-bond donors (Lipinski definition) is 0. The SMILES string of the molecule is COc1ccc(CCCCC2CC(C(=O)N(CCCCCC3CCC4(CC3)CCC3C=CC=CC34)c3ccccc3)CC2=O)cc1. The van der Waals surface area contributed by atoms with Crippen LogP contribution in [0.25, 0.3) is 0 Å².